The largest absolute Gasteiger partial charge is 0.308 e. The van der Waals surface area contributed by atoms with Crippen molar-refractivity contribution in [1.29, 1.82) is 0 Å². The lowest BCUT2D eigenvalue weighted by Gasteiger charge is -2.15. The average molecular weight is 182 g/mol. The van der Waals surface area contributed by atoms with Crippen LogP contribution in [0.2, 0.25) is 13.1 Å². The van der Waals surface area contributed by atoms with Gasteiger partial charge in [0.25, 0.3) is 8.41 Å². The second-order valence-electron chi connectivity index (χ2n) is 3.79. The van der Waals surface area contributed by atoms with Crippen molar-refractivity contribution in [3.8, 4) is 0 Å². The summed E-state index contributed by atoms with van der Waals surface area (Å²) in [6.45, 7) is 7.44. The Bertz CT molecular complexity index is 286. The summed E-state index contributed by atoms with van der Waals surface area (Å²) < 4.78 is 13.7. The van der Waals surface area contributed by atoms with Crippen LogP contribution in [0.15, 0.2) is 18.2 Å². The Hall–Kier alpha value is -0.633. The molecule has 0 aromatic heterocycles. The third-order valence-corrected chi connectivity index (χ3v) is 3.85. The molecule has 0 radical (unpaired) electrons. The van der Waals surface area contributed by atoms with Gasteiger partial charge in [0.05, 0.1) is 0 Å². The van der Waals surface area contributed by atoms with E-state index in [-0.39, 0.29) is 0 Å². The molecule has 1 aromatic rings. The lowest BCUT2D eigenvalue weighted by Crippen LogP contribution is -2.38. The quantitative estimate of drug-likeness (QED) is 0.463. The van der Waals surface area contributed by atoms with Crippen molar-refractivity contribution in [1.82, 2.24) is 0 Å². The Labute approximate surface area is 74.6 Å². The van der Waals surface area contributed by atoms with Gasteiger partial charge in [0.15, 0.2) is 0 Å². The number of halogens is 1. The Morgan fingerprint density at radius 1 is 1.17 bits per heavy atom. The number of rotatable bonds is 1. The van der Waals surface area contributed by atoms with E-state index >= 15 is 0 Å². The molecule has 0 aliphatic heterocycles. The fraction of sp³-hybridized carbons (Fsp3) is 0.400. The Morgan fingerprint density at radius 3 is 2.17 bits per heavy atom. The zero-order valence-electron chi connectivity index (χ0n) is 8.11. The van der Waals surface area contributed by atoms with Crippen LogP contribution < -0.4 is 5.19 Å². The van der Waals surface area contributed by atoms with E-state index in [1.54, 1.807) is 13.1 Å². The molecule has 0 spiro atoms. The van der Waals surface area contributed by atoms with Gasteiger partial charge in [0.2, 0.25) is 0 Å². The van der Waals surface area contributed by atoms with Gasteiger partial charge in [0.1, 0.15) is 0 Å². The van der Waals surface area contributed by atoms with Gasteiger partial charge in [-0.1, -0.05) is 23.8 Å². The van der Waals surface area contributed by atoms with Gasteiger partial charge >= 0.3 is 0 Å². The molecule has 1 aromatic carbocycles. The summed E-state index contributed by atoms with van der Waals surface area (Å²) in [4.78, 5) is 0. The van der Waals surface area contributed by atoms with Gasteiger partial charge in [-0.2, -0.15) is 0 Å². The van der Waals surface area contributed by atoms with Gasteiger partial charge in [-0.05, 0) is 37.7 Å². The van der Waals surface area contributed by atoms with Crippen molar-refractivity contribution in [3.05, 3.63) is 29.3 Å². The normalized spacial score (nSPS) is 11.8. The molecular formula is C10H15FSi. The third-order valence-electron chi connectivity index (χ3n) is 2.03. The highest BCUT2D eigenvalue weighted by Gasteiger charge is 2.24. The molecule has 12 heavy (non-hydrogen) atoms. The molecule has 0 amide bonds. The maximum atomic E-state index is 13.7. The van der Waals surface area contributed by atoms with Crippen LogP contribution in [0.3, 0.4) is 0 Å². The molecule has 0 saturated carbocycles. The van der Waals surface area contributed by atoms with Crippen LogP contribution in [0.5, 0.6) is 0 Å². The molecule has 0 atom stereocenters. The van der Waals surface area contributed by atoms with Gasteiger partial charge in [-0.15, -0.1) is 0 Å². The second-order valence-corrected chi connectivity index (χ2v) is 7.27. The van der Waals surface area contributed by atoms with E-state index in [4.69, 9.17) is 0 Å². The van der Waals surface area contributed by atoms with E-state index in [0.29, 0.717) is 0 Å². The second kappa shape index (κ2) is 3.02. The van der Waals surface area contributed by atoms with Gasteiger partial charge in [-0.3, -0.25) is 0 Å². The summed E-state index contributed by atoms with van der Waals surface area (Å²) in [7, 11) is -2.61. The molecule has 0 nitrogen and oxygen atoms in total. The zero-order valence-corrected chi connectivity index (χ0v) is 9.11. The maximum absolute atomic E-state index is 13.7. The predicted molar refractivity (Wildman–Crippen MR) is 54.1 cm³/mol. The molecule has 0 aliphatic rings. The molecule has 0 fully saturated rings. The number of hydrogen-bond acceptors (Lipinski definition) is 0. The summed E-state index contributed by atoms with van der Waals surface area (Å²) in [5, 5.41) is 0.933. The minimum Gasteiger partial charge on any atom is -0.308 e. The monoisotopic (exact) mass is 182 g/mol. The molecule has 1 rings (SSSR count). The average Bonchev–Trinajstić information content (AvgIpc) is 1.92. The Balaban J connectivity index is 3.23. The first-order valence-electron chi connectivity index (χ1n) is 4.18. The first kappa shape index (κ1) is 9.45. The number of aryl methyl sites for hydroxylation is 2. The summed E-state index contributed by atoms with van der Waals surface area (Å²) in [6.07, 6.45) is 0. The van der Waals surface area contributed by atoms with Crippen LogP contribution in [0.1, 0.15) is 11.1 Å². The van der Waals surface area contributed by atoms with Crippen molar-refractivity contribution in [2.45, 2.75) is 26.9 Å². The van der Waals surface area contributed by atoms with Crippen LogP contribution in [-0.4, -0.2) is 8.41 Å². The molecule has 0 saturated heterocycles. The topological polar surface area (TPSA) is 0 Å². The fourth-order valence-electron chi connectivity index (χ4n) is 1.38. The first-order valence-corrected chi connectivity index (χ1v) is 7.05. The van der Waals surface area contributed by atoms with Crippen molar-refractivity contribution >= 4 is 13.6 Å². The van der Waals surface area contributed by atoms with E-state index in [1.807, 2.05) is 32.0 Å². The highest BCUT2D eigenvalue weighted by molar-refractivity contribution is 6.84. The smallest absolute Gasteiger partial charge is 0.271 e. The van der Waals surface area contributed by atoms with Crippen LogP contribution in [0.4, 0.5) is 4.11 Å². The summed E-state index contributed by atoms with van der Waals surface area (Å²) in [5.74, 6) is 0. The minimum absolute atomic E-state index is 0.933. The number of benzene rings is 1. The van der Waals surface area contributed by atoms with E-state index < -0.39 is 8.41 Å². The van der Waals surface area contributed by atoms with Crippen molar-refractivity contribution in [2.75, 3.05) is 0 Å². The van der Waals surface area contributed by atoms with Gasteiger partial charge in [-0.25, -0.2) is 0 Å². The standard InChI is InChI=1S/C10H15FSi/c1-8-5-6-9(2)10(7-8)12(3,4)11/h5-7H,1-4H3. The minimum atomic E-state index is -2.61. The van der Waals surface area contributed by atoms with Crippen LogP contribution in [0.25, 0.3) is 0 Å². The van der Waals surface area contributed by atoms with Crippen LogP contribution >= 0.6 is 0 Å². The lowest BCUT2D eigenvalue weighted by atomic mass is 10.2. The molecule has 0 aliphatic carbocycles. The van der Waals surface area contributed by atoms with Gasteiger partial charge < -0.3 is 4.11 Å². The molecule has 0 unspecified atom stereocenters. The van der Waals surface area contributed by atoms with Gasteiger partial charge in [0, 0.05) is 0 Å². The highest BCUT2D eigenvalue weighted by Crippen LogP contribution is 2.09. The van der Waals surface area contributed by atoms with Crippen molar-refractivity contribution < 1.29 is 4.11 Å². The molecular weight excluding hydrogens is 167 g/mol. The Morgan fingerprint density at radius 2 is 1.75 bits per heavy atom. The predicted octanol–water partition coefficient (Wildman–Crippen LogP) is 2.69. The maximum Gasteiger partial charge on any atom is 0.271 e. The summed E-state index contributed by atoms with van der Waals surface area (Å²) >= 11 is 0. The van der Waals surface area contributed by atoms with E-state index in [2.05, 4.69) is 0 Å². The SMILES string of the molecule is Cc1ccc(C)c([Si](C)(C)F)c1. The molecule has 66 valence electrons. The zero-order chi connectivity index (χ0) is 9.35. The Kier molecular flexibility index (Phi) is 2.38. The summed E-state index contributed by atoms with van der Waals surface area (Å²) in [5.41, 5.74) is 2.23. The van der Waals surface area contributed by atoms with Crippen LogP contribution in [-0.2, 0) is 0 Å². The first-order chi connectivity index (χ1) is 5.41. The van der Waals surface area contributed by atoms with Crippen LogP contribution in [0, 0.1) is 13.8 Å². The summed E-state index contributed by atoms with van der Waals surface area (Å²) in [6, 6.07) is 6.00. The fourth-order valence-corrected chi connectivity index (χ4v) is 2.97. The third kappa shape index (κ3) is 1.94. The van der Waals surface area contributed by atoms with Crippen molar-refractivity contribution in [3.63, 3.8) is 0 Å². The molecule has 0 heterocycles. The van der Waals surface area contributed by atoms with E-state index in [9.17, 15) is 4.11 Å². The molecule has 0 N–H and O–H groups in total. The lowest BCUT2D eigenvalue weighted by molar-refractivity contribution is 0.821. The van der Waals surface area contributed by atoms with E-state index in [0.717, 1.165) is 16.3 Å². The highest BCUT2D eigenvalue weighted by atomic mass is 28.4. The molecule has 2 heteroatoms. The van der Waals surface area contributed by atoms with E-state index in [1.165, 1.54) is 0 Å². The number of hydrogen-bond donors (Lipinski definition) is 0. The molecule has 0 bridgehead atoms. The van der Waals surface area contributed by atoms with Crippen molar-refractivity contribution in [2.24, 2.45) is 0 Å².